The summed E-state index contributed by atoms with van der Waals surface area (Å²) >= 11 is 0. The maximum Gasteiger partial charge on any atom is 0.416 e. The van der Waals surface area contributed by atoms with Gasteiger partial charge in [0.1, 0.15) is 6.10 Å². The third kappa shape index (κ3) is 3.26. The molecule has 1 fully saturated rings. The van der Waals surface area contributed by atoms with E-state index in [1.165, 1.54) is 10.5 Å². The van der Waals surface area contributed by atoms with Crippen molar-refractivity contribution in [3.63, 3.8) is 0 Å². The van der Waals surface area contributed by atoms with E-state index in [0.717, 1.165) is 12.1 Å². The number of benzene rings is 1. The van der Waals surface area contributed by atoms with E-state index in [2.05, 4.69) is 4.98 Å². The second kappa shape index (κ2) is 6.79. The van der Waals surface area contributed by atoms with Gasteiger partial charge in [-0.05, 0) is 28.7 Å². The zero-order chi connectivity index (χ0) is 19.9. The number of alkyl halides is 3. The predicted octanol–water partition coefficient (Wildman–Crippen LogP) is 3.84. The van der Waals surface area contributed by atoms with Gasteiger partial charge in [-0.3, -0.25) is 0 Å². The van der Waals surface area contributed by atoms with Crippen molar-refractivity contribution in [3.8, 4) is 0 Å². The lowest BCUT2D eigenvalue weighted by atomic mass is 10.0. The molecule has 1 atom stereocenters. The van der Waals surface area contributed by atoms with Gasteiger partial charge in [0.15, 0.2) is 0 Å². The maximum absolute atomic E-state index is 13.0. The summed E-state index contributed by atoms with van der Waals surface area (Å²) < 4.78 is 46.0. The standard InChI is InChI=1S/C18H15F3N4O3/c19-18(20,21)13-5-3-4-12(10-13)14-11-23(8-9-28-14)16-17(25(26)27)24-7-2-1-6-15(24)22-16/h1-7,10,14H,8-9,11H2/t14-/m1/s1. The van der Waals surface area contributed by atoms with Gasteiger partial charge in [-0.2, -0.15) is 22.6 Å². The number of ether oxygens (including phenoxy) is 1. The molecule has 2 aromatic heterocycles. The van der Waals surface area contributed by atoms with Gasteiger partial charge in [0, 0.05) is 12.6 Å². The fourth-order valence-electron chi connectivity index (χ4n) is 3.31. The summed E-state index contributed by atoms with van der Waals surface area (Å²) in [6.07, 6.45) is -3.56. The molecule has 0 bridgehead atoms. The van der Waals surface area contributed by atoms with Crippen molar-refractivity contribution < 1.29 is 22.8 Å². The minimum Gasteiger partial charge on any atom is -0.370 e. The van der Waals surface area contributed by atoms with E-state index in [4.69, 9.17) is 4.74 Å². The summed E-state index contributed by atoms with van der Waals surface area (Å²) in [7, 11) is 0. The van der Waals surface area contributed by atoms with Gasteiger partial charge in [-0.1, -0.05) is 18.2 Å². The van der Waals surface area contributed by atoms with Crippen LogP contribution in [0.3, 0.4) is 0 Å². The van der Waals surface area contributed by atoms with E-state index >= 15 is 0 Å². The van der Waals surface area contributed by atoms with Crippen LogP contribution in [0.5, 0.6) is 0 Å². The quantitative estimate of drug-likeness (QED) is 0.500. The van der Waals surface area contributed by atoms with Gasteiger partial charge in [0.2, 0.25) is 11.5 Å². The Morgan fingerprint density at radius 2 is 2.04 bits per heavy atom. The number of rotatable bonds is 3. The molecule has 10 heteroatoms. The van der Waals surface area contributed by atoms with Crippen molar-refractivity contribution in [3.05, 3.63) is 69.9 Å². The van der Waals surface area contributed by atoms with E-state index in [0.29, 0.717) is 17.8 Å². The lowest BCUT2D eigenvalue weighted by molar-refractivity contribution is -0.389. The number of hydrogen-bond donors (Lipinski definition) is 0. The molecule has 0 saturated carbocycles. The molecule has 7 nitrogen and oxygen atoms in total. The molecule has 0 radical (unpaired) electrons. The molecule has 0 spiro atoms. The van der Waals surface area contributed by atoms with Crippen LogP contribution in [0.4, 0.5) is 24.8 Å². The first-order valence-electron chi connectivity index (χ1n) is 8.50. The van der Waals surface area contributed by atoms with Crippen molar-refractivity contribution >= 4 is 17.3 Å². The van der Waals surface area contributed by atoms with E-state index < -0.39 is 22.8 Å². The van der Waals surface area contributed by atoms with Crippen LogP contribution in [-0.4, -0.2) is 34.0 Å². The fraction of sp³-hybridized carbons (Fsp3) is 0.278. The van der Waals surface area contributed by atoms with E-state index in [9.17, 15) is 23.3 Å². The molecule has 0 amide bonds. The zero-order valence-corrected chi connectivity index (χ0v) is 14.5. The van der Waals surface area contributed by atoms with Gasteiger partial charge in [-0.15, -0.1) is 0 Å². The van der Waals surface area contributed by atoms with Gasteiger partial charge < -0.3 is 19.8 Å². The van der Waals surface area contributed by atoms with Crippen molar-refractivity contribution in [1.29, 1.82) is 0 Å². The first-order valence-corrected chi connectivity index (χ1v) is 8.50. The van der Waals surface area contributed by atoms with E-state index in [1.54, 1.807) is 35.4 Å². The minimum absolute atomic E-state index is 0.159. The van der Waals surface area contributed by atoms with Crippen LogP contribution in [0.1, 0.15) is 17.2 Å². The van der Waals surface area contributed by atoms with Crippen LogP contribution >= 0.6 is 0 Å². The Morgan fingerprint density at radius 3 is 2.79 bits per heavy atom. The third-order valence-electron chi connectivity index (χ3n) is 4.61. The number of nitrogens with zero attached hydrogens (tertiary/aromatic N) is 4. The second-order valence-electron chi connectivity index (χ2n) is 6.37. The molecule has 0 N–H and O–H groups in total. The number of anilines is 1. The Morgan fingerprint density at radius 1 is 1.21 bits per heavy atom. The summed E-state index contributed by atoms with van der Waals surface area (Å²) in [6, 6.07) is 9.97. The second-order valence-corrected chi connectivity index (χ2v) is 6.37. The Kier molecular flexibility index (Phi) is 4.42. The molecule has 3 heterocycles. The van der Waals surface area contributed by atoms with Gasteiger partial charge in [0.25, 0.3) is 0 Å². The first-order chi connectivity index (χ1) is 13.3. The highest BCUT2D eigenvalue weighted by Gasteiger charge is 2.34. The molecular formula is C18H15F3N4O3. The number of nitro groups is 1. The summed E-state index contributed by atoms with van der Waals surface area (Å²) in [5.74, 6) is -0.00299. The van der Waals surface area contributed by atoms with Crippen molar-refractivity contribution in [1.82, 2.24) is 9.38 Å². The first kappa shape index (κ1) is 18.2. The summed E-state index contributed by atoms with van der Waals surface area (Å²) in [5.41, 5.74) is 0.0293. The van der Waals surface area contributed by atoms with Crippen LogP contribution in [0.15, 0.2) is 48.7 Å². The van der Waals surface area contributed by atoms with Crippen LogP contribution in [0.2, 0.25) is 0 Å². The summed E-state index contributed by atoms with van der Waals surface area (Å²) in [6.45, 7) is 0.720. The minimum atomic E-state index is -4.45. The monoisotopic (exact) mass is 392 g/mol. The number of imidazole rings is 1. The fourth-order valence-corrected chi connectivity index (χ4v) is 3.31. The smallest absolute Gasteiger partial charge is 0.370 e. The lowest BCUT2D eigenvalue weighted by Crippen LogP contribution is -2.39. The molecule has 28 heavy (non-hydrogen) atoms. The molecule has 0 unspecified atom stereocenters. The highest BCUT2D eigenvalue weighted by molar-refractivity contribution is 5.63. The van der Waals surface area contributed by atoms with Crippen LogP contribution < -0.4 is 4.90 Å². The zero-order valence-electron chi connectivity index (χ0n) is 14.5. The van der Waals surface area contributed by atoms with Gasteiger partial charge in [0.05, 0.1) is 24.9 Å². The molecule has 1 aliphatic rings. The molecule has 1 saturated heterocycles. The molecular weight excluding hydrogens is 377 g/mol. The van der Waals surface area contributed by atoms with Gasteiger partial charge >= 0.3 is 12.0 Å². The largest absolute Gasteiger partial charge is 0.416 e. The molecule has 146 valence electrons. The average Bonchev–Trinajstić information content (AvgIpc) is 3.07. The topological polar surface area (TPSA) is 72.9 Å². The van der Waals surface area contributed by atoms with Crippen molar-refractivity contribution in [2.45, 2.75) is 12.3 Å². The molecule has 4 rings (SSSR count). The number of morpholine rings is 1. The van der Waals surface area contributed by atoms with Gasteiger partial charge in [-0.25, -0.2) is 0 Å². The Labute approximate surface area is 157 Å². The molecule has 3 aromatic rings. The highest BCUT2D eigenvalue weighted by Crippen LogP contribution is 2.35. The summed E-state index contributed by atoms with van der Waals surface area (Å²) in [4.78, 5) is 17.1. The number of pyridine rings is 1. The Bertz CT molecular complexity index is 1030. The normalized spacial score (nSPS) is 17.8. The van der Waals surface area contributed by atoms with Crippen molar-refractivity contribution in [2.75, 3.05) is 24.6 Å². The van der Waals surface area contributed by atoms with E-state index in [-0.39, 0.29) is 24.8 Å². The highest BCUT2D eigenvalue weighted by atomic mass is 19.4. The predicted molar refractivity (Wildman–Crippen MR) is 94.2 cm³/mol. The van der Waals surface area contributed by atoms with E-state index in [1.807, 2.05) is 0 Å². The lowest BCUT2D eigenvalue weighted by Gasteiger charge is -2.33. The Hall–Kier alpha value is -3.14. The number of aromatic nitrogens is 2. The van der Waals surface area contributed by atoms with Crippen molar-refractivity contribution in [2.24, 2.45) is 0 Å². The Balaban J connectivity index is 1.68. The average molecular weight is 392 g/mol. The summed E-state index contributed by atoms with van der Waals surface area (Å²) in [5, 5.41) is 11.6. The SMILES string of the molecule is O=[N+]([O-])c1c(N2CCO[C@@H](c3cccc(C(F)(F)F)c3)C2)nc2ccccn12. The van der Waals surface area contributed by atoms with Crippen LogP contribution in [0, 0.1) is 10.1 Å². The molecule has 1 aliphatic heterocycles. The molecule has 1 aromatic carbocycles. The number of halogens is 3. The molecule has 0 aliphatic carbocycles. The number of hydrogen-bond acceptors (Lipinski definition) is 5. The maximum atomic E-state index is 13.0. The van der Waals surface area contributed by atoms with Crippen LogP contribution in [0.25, 0.3) is 5.65 Å². The number of fused-ring (bicyclic) bond motifs is 1. The van der Waals surface area contributed by atoms with Crippen LogP contribution in [-0.2, 0) is 10.9 Å². The third-order valence-corrected chi connectivity index (χ3v) is 4.61.